The molecule has 5 nitrogen and oxygen atoms in total. The molecule has 0 aliphatic rings. The van der Waals surface area contributed by atoms with Gasteiger partial charge in [0.15, 0.2) is 5.34 Å². The van der Waals surface area contributed by atoms with E-state index in [2.05, 4.69) is 11.4 Å². The molecule has 0 spiro atoms. The van der Waals surface area contributed by atoms with E-state index in [9.17, 15) is 9.70 Å². The third-order valence-electron chi connectivity index (χ3n) is 0.502. The molecule has 0 aliphatic carbocycles. The molecule has 9 heavy (non-hydrogen) atoms. The van der Waals surface area contributed by atoms with Crippen LogP contribution in [0.15, 0.2) is 17.5 Å². The summed E-state index contributed by atoms with van der Waals surface area (Å²) in [7, 11) is 0. The summed E-state index contributed by atoms with van der Waals surface area (Å²) in [4.78, 5) is 22.8. The number of carbonyl (C=O) groups excluding carboxylic acids is 1. The normalized spacial score (nSPS) is 7.00. The molecule has 0 aromatic carbocycles. The number of nitrogens with zero attached hydrogens (tertiary/aromatic N) is 2. The number of rotatable bonds is 2. The molecule has 0 N–H and O–H groups in total. The average Bonchev–Trinajstić information content (AvgIpc) is 1.87. The lowest BCUT2D eigenvalue weighted by Crippen LogP contribution is -1.99. The lowest BCUT2D eigenvalue weighted by molar-refractivity contribution is -0.138. The molecule has 5 heteroatoms. The molecular formula is C4H2N2O3. The number of carbonyl (C=O) groups is 1. The Labute approximate surface area is 50.5 Å². The molecule has 0 amide bonds. The highest BCUT2D eigenvalue weighted by molar-refractivity contribution is 5.91. The second-order valence-electron chi connectivity index (χ2n) is 1.04. The molecule has 0 bridgehead atoms. The van der Waals surface area contributed by atoms with Crippen LogP contribution in [0.4, 0.5) is 0 Å². The SMILES string of the molecule is C=C(C#N)C(=O)ON=O. The molecule has 46 valence electrons. The van der Waals surface area contributed by atoms with E-state index in [4.69, 9.17) is 5.26 Å². The zero-order valence-electron chi connectivity index (χ0n) is 4.33. The Balaban J connectivity index is 3.92. The van der Waals surface area contributed by atoms with Gasteiger partial charge in [-0.2, -0.15) is 5.26 Å². The highest BCUT2D eigenvalue weighted by Gasteiger charge is 2.06. The zero-order chi connectivity index (χ0) is 7.28. The minimum Gasteiger partial charge on any atom is -0.278 e. The van der Waals surface area contributed by atoms with Crippen molar-refractivity contribution in [2.75, 3.05) is 0 Å². The molecule has 0 heterocycles. The molecule has 0 saturated heterocycles. The Morgan fingerprint density at radius 2 is 2.33 bits per heavy atom. The lowest BCUT2D eigenvalue weighted by atomic mass is 10.4. The van der Waals surface area contributed by atoms with Gasteiger partial charge in [-0.15, -0.1) is 4.91 Å². The summed E-state index contributed by atoms with van der Waals surface area (Å²) in [6, 6.07) is 1.38. The van der Waals surface area contributed by atoms with Crippen molar-refractivity contribution in [1.29, 1.82) is 5.26 Å². The van der Waals surface area contributed by atoms with Crippen molar-refractivity contribution in [2.24, 2.45) is 5.34 Å². The Morgan fingerprint density at radius 1 is 1.78 bits per heavy atom. The van der Waals surface area contributed by atoms with Gasteiger partial charge in [-0.1, -0.05) is 6.58 Å². The van der Waals surface area contributed by atoms with Gasteiger partial charge < -0.3 is 0 Å². The molecule has 0 aromatic heterocycles. The molecular weight excluding hydrogens is 124 g/mol. The van der Waals surface area contributed by atoms with Crippen LogP contribution in [0.3, 0.4) is 0 Å². The lowest BCUT2D eigenvalue weighted by Gasteiger charge is -1.84. The van der Waals surface area contributed by atoms with Crippen LogP contribution in [0, 0.1) is 16.2 Å². The van der Waals surface area contributed by atoms with Crippen molar-refractivity contribution in [3.8, 4) is 6.07 Å². The van der Waals surface area contributed by atoms with E-state index >= 15 is 0 Å². The molecule has 0 unspecified atom stereocenters. The van der Waals surface area contributed by atoms with Gasteiger partial charge in [0.25, 0.3) is 0 Å². The fourth-order valence-electron chi connectivity index (χ4n) is 0.135. The minimum absolute atomic E-state index is 0.449. The molecule has 0 aliphatic heterocycles. The molecule has 0 radical (unpaired) electrons. The monoisotopic (exact) mass is 126 g/mol. The Bertz CT molecular complexity index is 190. The van der Waals surface area contributed by atoms with Crippen molar-refractivity contribution >= 4 is 5.97 Å². The summed E-state index contributed by atoms with van der Waals surface area (Å²) in [6.45, 7) is 2.96. The number of hydrogen-bond acceptors (Lipinski definition) is 5. The Kier molecular flexibility index (Phi) is 2.69. The van der Waals surface area contributed by atoms with Crippen LogP contribution in [0.2, 0.25) is 0 Å². The van der Waals surface area contributed by atoms with Crippen LogP contribution in [-0.2, 0) is 9.63 Å². The van der Waals surface area contributed by atoms with E-state index in [0.717, 1.165) is 0 Å². The van der Waals surface area contributed by atoms with Crippen LogP contribution in [0.1, 0.15) is 0 Å². The van der Waals surface area contributed by atoms with Gasteiger partial charge in [-0.3, -0.25) is 4.84 Å². The first kappa shape index (κ1) is 7.30. The van der Waals surface area contributed by atoms with Crippen LogP contribution in [-0.4, -0.2) is 5.97 Å². The van der Waals surface area contributed by atoms with Gasteiger partial charge in [0, 0.05) is 0 Å². The summed E-state index contributed by atoms with van der Waals surface area (Å²) in [5, 5.41) is 9.73. The standard InChI is InChI=1S/C4H2N2O3/c1-3(2-5)4(7)9-6-8/h1H2. The van der Waals surface area contributed by atoms with E-state index < -0.39 is 11.5 Å². The second-order valence-corrected chi connectivity index (χ2v) is 1.04. The Hall–Kier alpha value is -1.70. The highest BCUT2D eigenvalue weighted by Crippen LogP contribution is 1.90. The summed E-state index contributed by atoms with van der Waals surface area (Å²) < 4.78 is 0. The highest BCUT2D eigenvalue weighted by atomic mass is 16.7. The van der Waals surface area contributed by atoms with Crippen molar-refractivity contribution in [3.05, 3.63) is 17.1 Å². The largest absolute Gasteiger partial charge is 0.379 e. The predicted octanol–water partition coefficient (Wildman–Crippen LogP) is 0.291. The first-order chi connectivity index (χ1) is 4.22. The number of hydrogen-bond donors (Lipinski definition) is 0. The molecule has 0 aromatic rings. The van der Waals surface area contributed by atoms with E-state index in [1.165, 1.54) is 6.07 Å². The maximum atomic E-state index is 10.1. The van der Waals surface area contributed by atoms with Crippen LogP contribution in [0.25, 0.3) is 0 Å². The minimum atomic E-state index is -1.12. The van der Waals surface area contributed by atoms with E-state index in [1.807, 2.05) is 0 Å². The third kappa shape index (κ3) is 2.19. The topological polar surface area (TPSA) is 79.5 Å². The molecule has 0 saturated carbocycles. The first-order valence-electron chi connectivity index (χ1n) is 1.85. The molecule has 0 fully saturated rings. The third-order valence-corrected chi connectivity index (χ3v) is 0.502. The fourth-order valence-corrected chi connectivity index (χ4v) is 0.135. The summed E-state index contributed by atoms with van der Waals surface area (Å²) in [5.74, 6) is -1.12. The average molecular weight is 126 g/mol. The maximum absolute atomic E-state index is 10.1. The summed E-state index contributed by atoms with van der Waals surface area (Å²) in [5.41, 5.74) is -0.449. The number of nitriles is 1. The predicted molar refractivity (Wildman–Crippen MR) is 26.6 cm³/mol. The fraction of sp³-hybridized carbons (Fsp3) is 0. The van der Waals surface area contributed by atoms with E-state index in [-0.39, 0.29) is 0 Å². The van der Waals surface area contributed by atoms with E-state index in [1.54, 1.807) is 5.34 Å². The summed E-state index contributed by atoms with van der Waals surface area (Å²) in [6.07, 6.45) is 0. The summed E-state index contributed by atoms with van der Waals surface area (Å²) >= 11 is 0. The van der Waals surface area contributed by atoms with Crippen molar-refractivity contribution in [1.82, 2.24) is 0 Å². The van der Waals surface area contributed by atoms with E-state index in [0.29, 0.717) is 0 Å². The zero-order valence-corrected chi connectivity index (χ0v) is 4.33. The second kappa shape index (κ2) is 3.32. The van der Waals surface area contributed by atoms with Gasteiger partial charge >= 0.3 is 5.97 Å². The van der Waals surface area contributed by atoms with Crippen molar-refractivity contribution < 1.29 is 9.63 Å². The van der Waals surface area contributed by atoms with Gasteiger partial charge in [-0.25, -0.2) is 4.79 Å². The van der Waals surface area contributed by atoms with Gasteiger partial charge in [0.05, 0.1) is 0 Å². The van der Waals surface area contributed by atoms with Crippen LogP contribution >= 0.6 is 0 Å². The van der Waals surface area contributed by atoms with Crippen LogP contribution in [0.5, 0.6) is 0 Å². The maximum Gasteiger partial charge on any atom is 0.379 e. The quantitative estimate of drug-likeness (QED) is 0.230. The van der Waals surface area contributed by atoms with Crippen molar-refractivity contribution in [2.45, 2.75) is 0 Å². The van der Waals surface area contributed by atoms with Gasteiger partial charge in [0.1, 0.15) is 11.6 Å². The first-order valence-corrected chi connectivity index (χ1v) is 1.85. The van der Waals surface area contributed by atoms with Crippen molar-refractivity contribution in [3.63, 3.8) is 0 Å². The van der Waals surface area contributed by atoms with Crippen LogP contribution < -0.4 is 0 Å². The molecule has 0 atom stereocenters. The molecule has 0 rings (SSSR count). The van der Waals surface area contributed by atoms with Gasteiger partial charge in [-0.05, 0) is 0 Å². The Morgan fingerprint density at radius 3 is 2.67 bits per heavy atom. The van der Waals surface area contributed by atoms with Gasteiger partial charge in [0.2, 0.25) is 0 Å². The smallest absolute Gasteiger partial charge is 0.278 e.